The van der Waals surface area contributed by atoms with Gasteiger partial charge in [0.25, 0.3) is 11.8 Å². The van der Waals surface area contributed by atoms with Gasteiger partial charge >= 0.3 is 5.97 Å². The van der Waals surface area contributed by atoms with E-state index >= 15 is 4.39 Å². The van der Waals surface area contributed by atoms with Crippen molar-refractivity contribution in [3.8, 4) is 11.3 Å². The van der Waals surface area contributed by atoms with Gasteiger partial charge in [-0.3, -0.25) is 34.0 Å². The number of carbonyl (C=O) groups excluding carboxylic acids is 5. The largest absolute Gasteiger partial charge is 0.464 e. The van der Waals surface area contributed by atoms with Gasteiger partial charge in [0, 0.05) is 112 Å². The highest BCUT2D eigenvalue weighted by Crippen LogP contribution is 2.42. The van der Waals surface area contributed by atoms with Gasteiger partial charge in [-0.05, 0) is 88.0 Å². The summed E-state index contributed by atoms with van der Waals surface area (Å²) in [5.74, 6) is -2.91. The lowest BCUT2D eigenvalue weighted by atomic mass is 9.84. The van der Waals surface area contributed by atoms with Crippen LogP contribution in [0.1, 0.15) is 97.7 Å². The van der Waals surface area contributed by atoms with E-state index in [9.17, 15) is 24.0 Å². The van der Waals surface area contributed by atoms with E-state index in [0.717, 1.165) is 50.5 Å². The van der Waals surface area contributed by atoms with Crippen molar-refractivity contribution in [2.75, 3.05) is 78.5 Å². The van der Waals surface area contributed by atoms with Crippen LogP contribution in [0.4, 0.5) is 10.1 Å². The molecule has 0 saturated carbocycles. The van der Waals surface area contributed by atoms with Crippen LogP contribution in [0.5, 0.6) is 0 Å². The van der Waals surface area contributed by atoms with Crippen LogP contribution >= 0.6 is 0 Å². The smallest absolute Gasteiger partial charge is 0.324 e. The molecule has 382 valence electrons. The summed E-state index contributed by atoms with van der Waals surface area (Å²) in [5, 5.41) is 5.49. The number of pyridine rings is 1. The fourth-order valence-corrected chi connectivity index (χ4v) is 10.7. The van der Waals surface area contributed by atoms with Crippen molar-refractivity contribution in [3.63, 3.8) is 0 Å². The molecule has 3 fully saturated rings. The summed E-state index contributed by atoms with van der Waals surface area (Å²) in [6.45, 7) is 17.5. The average Bonchev–Trinajstić information content (AvgIpc) is 3.63. The third kappa shape index (κ3) is 11.5. The van der Waals surface area contributed by atoms with Gasteiger partial charge in [-0.1, -0.05) is 47.6 Å². The maximum Gasteiger partial charge on any atom is 0.324 e. The van der Waals surface area contributed by atoms with E-state index in [0.29, 0.717) is 45.5 Å². The minimum Gasteiger partial charge on any atom is -0.464 e. The van der Waals surface area contributed by atoms with Crippen molar-refractivity contribution in [2.45, 2.75) is 129 Å². The molecule has 0 radical (unpaired) electrons. The number of rotatable bonds is 11. The van der Waals surface area contributed by atoms with Crippen molar-refractivity contribution >= 4 is 46.2 Å². The number of nitrogens with one attached hydrogen (secondary N) is 2. The Morgan fingerprint density at radius 2 is 1.79 bits per heavy atom. The van der Waals surface area contributed by atoms with E-state index in [1.54, 1.807) is 19.9 Å². The van der Waals surface area contributed by atoms with Crippen molar-refractivity contribution in [1.29, 1.82) is 0 Å². The number of likely N-dealkylation sites (tertiary alicyclic amines) is 1. The topological polar surface area (TPSA) is 162 Å². The number of carbonyl (C=O) groups is 5. The van der Waals surface area contributed by atoms with Crippen LogP contribution in [0.25, 0.3) is 22.2 Å². The van der Waals surface area contributed by atoms with Crippen molar-refractivity contribution in [1.82, 2.24) is 40.0 Å². The van der Waals surface area contributed by atoms with Gasteiger partial charge in [0.1, 0.15) is 18.1 Å². The number of morpholine rings is 1. The number of esters is 1. The van der Waals surface area contributed by atoms with Gasteiger partial charge < -0.3 is 39.0 Å². The third-order valence-corrected chi connectivity index (χ3v) is 14.3. The molecule has 2 aromatic heterocycles. The van der Waals surface area contributed by atoms with Gasteiger partial charge in [-0.15, -0.1) is 0 Å². The number of amides is 4. The number of cyclic esters (lactones) is 1. The fourth-order valence-electron chi connectivity index (χ4n) is 10.7. The number of benzene rings is 1. The van der Waals surface area contributed by atoms with Crippen molar-refractivity contribution in [3.05, 3.63) is 59.9 Å². The van der Waals surface area contributed by atoms with Crippen LogP contribution in [0.2, 0.25) is 0 Å². The van der Waals surface area contributed by atoms with Crippen LogP contribution in [-0.2, 0) is 46.4 Å². The second-order valence-corrected chi connectivity index (χ2v) is 21.4. The lowest BCUT2D eigenvalue weighted by molar-refractivity contribution is -0.156. The van der Waals surface area contributed by atoms with E-state index < -0.39 is 64.9 Å². The molecule has 7 rings (SSSR count). The molecule has 3 saturated heterocycles. The van der Waals surface area contributed by atoms with Crippen molar-refractivity contribution in [2.24, 2.45) is 11.3 Å². The molecule has 0 spiro atoms. The number of likely N-dealkylation sites (N-methyl/N-ethyl adjacent to an activating group) is 2. The van der Waals surface area contributed by atoms with Crippen LogP contribution in [0.15, 0.2) is 48.7 Å². The first kappa shape index (κ1) is 52.4. The van der Waals surface area contributed by atoms with Crippen LogP contribution in [0.3, 0.4) is 0 Å². The second kappa shape index (κ2) is 21.9. The predicted octanol–water partition coefficient (Wildman–Crippen LogP) is 5.48. The summed E-state index contributed by atoms with van der Waals surface area (Å²) in [6, 6.07) is 7.61. The normalized spacial score (nSPS) is 22.7. The lowest BCUT2D eigenvalue weighted by Crippen LogP contribution is -2.63. The Bertz CT molecular complexity index is 2430. The lowest BCUT2D eigenvalue weighted by Gasteiger charge is -2.41. The average molecular weight is 970 g/mol. The van der Waals surface area contributed by atoms with Gasteiger partial charge in [-0.2, -0.15) is 0 Å². The highest BCUT2D eigenvalue weighted by Gasteiger charge is 2.47. The van der Waals surface area contributed by atoms with Crippen LogP contribution in [0, 0.1) is 11.3 Å². The molecule has 6 heterocycles. The minimum atomic E-state index is -2.29. The van der Waals surface area contributed by atoms with Gasteiger partial charge in [0.2, 0.25) is 11.8 Å². The number of ether oxygens (including phenoxy) is 2. The summed E-state index contributed by atoms with van der Waals surface area (Å²) >= 11 is 0. The number of nitrogens with zero attached hydrogens (tertiary/aromatic N) is 7. The first-order valence-corrected chi connectivity index (χ1v) is 25.3. The monoisotopic (exact) mass is 970 g/mol. The SMILES string of the molecule is CCn1c(-c2cccnc2C(C)C)c2c3cc(ccc31)N1CCO[C@@H](C[C@H](NC(=O)[C@H](C(C)C)N(C)C(=O)C3(F)CCN(C(=O)/C=C/CN(C)C)CC3)C(=O)N3CCC[C@H](N3)C(=O)OCC(C)(C)C2)C1. The first-order valence-electron chi connectivity index (χ1n) is 25.3. The van der Waals surface area contributed by atoms with Gasteiger partial charge in [0.15, 0.2) is 5.67 Å². The number of anilines is 1. The molecule has 4 amide bonds. The quantitative estimate of drug-likeness (QED) is 0.185. The summed E-state index contributed by atoms with van der Waals surface area (Å²) in [4.78, 5) is 82.0. The molecule has 6 bridgehead atoms. The highest BCUT2D eigenvalue weighted by atomic mass is 19.1. The Hall–Kier alpha value is -5.39. The van der Waals surface area contributed by atoms with Gasteiger partial charge in [0.05, 0.1) is 30.7 Å². The number of hydrogen-bond donors (Lipinski definition) is 2. The maximum absolute atomic E-state index is 16.7. The highest BCUT2D eigenvalue weighted by molar-refractivity contribution is 5.96. The van der Waals surface area contributed by atoms with Crippen molar-refractivity contribution < 1.29 is 37.8 Å². The molecule has 2 N–H and O–H groups in total. The van der Waals surface area contributed by atoms with E-state index in [-0.39, 0.29) is 57.3 Å². The number of alkyl halides is 1. The van der Waals surface area contributed by atoms with Gasteiger partial charge in [-0.25, -0.2) is 9.82 Å². The Labute approximate surface area is 413 Å². The third-order valence-electron chi connectivity index (χ3n) is 14.3. The number of aryl methyl sites for hydroxylation is 1. The number of aromatic nitrogens is 2. The molecule has 4 aliphatic heterocycles. The number of piperidine rings is 1. The summed E-state index contributed by atoms with van der Waals surface area (Å²) in [5.41, 5.74) is 6.79. The molecule has 70 heavy (non-hydrogen) atoms. The van der Waals surface area contributed by atoms with E-state index in [1.807, 2.05) is 31.3 Å². The molecule has 0 unspecified atom stereocenters. The molecular weight excluding hydrogens is 894 g/mol. The number of hydrogen-bond acceptors (Lipinski definition) is 11. The molecule has 4 atom stereocenters. The Kier molecular flexibility index (Phi) is 16.4. The Morgan fingerprint density at radius 1 is 1.04 bits per heavy atom. The van der Waals surface area contributed by atoms with E-state index in [4.69, 9.17) is 14.5 Å². The summed E-state index contributed by atoms with van der Waals surface area (Å²) < 4.78 is 31.5. The molecular formula is C53H76FN9O7. The number of halogens is 1. The van der Waals surface area contributed by atoms with Crippen LogP contribution < -0.4 is 15.6 Å². The predicted molar refractivity (Wildman–Crippen MR) is 268 cm³/mol. The standard InChI is InChI=1S/C53H76FN9O7/c1-11-62-43-19-18-36-29-39(43)40(47(62)38-15-12-22-55-45(38)34(2)3)31-52(6,7)33-70-50(67)41-16-13-24-63(57-41)49(66)42(30-37-32-61(36)27-28-69-37)56-48(65)46(35(4)5)59(10)51(68)53(54)20-25-60(26-21-53)44(64)17-14-23-58(8)9/h12,14-15,17-19,22,29,34-35,37,41-42,46,57H,11,13,16,20-21,23-28,30-33H2,1-10H3,(H,56,65)/b17-14+/t37-,41-,42-,46-/m0/s1. The molecule has 1 aromatic carbocycles. The molecule has 16 nitrogen and oxygen atoms in total. The van der Waals surface area contributed by atoms with E-state index in [1.165, 1.54) is 23.0 Å². The maximum atomic E-state index is 16.7. The summed E-state index contributed by atoms with van der Waals surface area (Å²) in [7, 11) is 5.21. The fraction of sp³-hybridized carbons (Fsp3) is 0.623. The zero-order chi connectivity index (χ0) is 50.7. The minimum absolute atomic E-state index is 0.0515. The molecule has 17 heteroatoms. The molecule has 4 aliphatic rings. The Morgan fingerprint density at radius 3 is 2.47 bits per heavy atom. The zero-order valence-corrected chi connectivity index (χ0v) is 43.1. The molecule has 0 aliphatic carbocycles. The zero-order valence-electron chi connectivity index (χ0n) is 43.1. The summed E-state index contributed by atoms with van der Waals surface area (Å²) in [6.07, 6.45) is 5.81. The Balaban J connectivity index is 1.19. The molecule has 3 aromatic rings. The second-order valence-electron chi connectivity index (χ2n) is 21.4. The number of hydrazine groups is 1. The first-order chi connectivity index (χ1) is 33.2. The van der Waals surface area contributed by atoms with E-state index in [2.05, 4.69) is 79.1 Å². The van der Waals surface area contributed by atoms with Crippen LogP contribution in [-0.4, -0.2) is 162 Å². The number of fused-ring (bicyclic) bond motifs is 6.